The number of halogens is 6. The van der Waals surface area contributed by atoms with Gasteiger partial charge in [0.25, 0.3) is 6.10 Å². The predicted octanol–water partition coefficient (Wildman–Crippen LogP) is 4.77. The molecule has 1 saturated carbocycles. The molecule has 1 rings (SSSR count). The van der Waals surface area contributed by atoms with Crippen LogP contribution in [0.3, 0.4) is 0 Å². The molecule has 0 radical (unpaired) electrons. The summed E-state index contributed by atoms with van der Waals surface area (Å²) in [7, 11) is 0. The summed E-state index contributed by atoms with van der Waals surface area (Å²) in [6.45, 7) is 3.39. The van der Waals surface area contributed by atoms with Gasteiger partial charge in [-0.15, -0.1) is 0 Å². The van der Waals surface area contributed by atoms with Gasteiger partial charge < -0.3 is 9.47 Å². The maximum Gasteiger partial charge on any atom is 0.509 e. The maximum atomic E-state index is 12.3. The van der Waals surface area contributed by atoms with E-state index in [1.165, 1.54) is 6.08 Å². The highest BCUT2D eigenvalue weighted by Gasteiger charge is 2.60. The molecule has 0 amide bonds. The van der Waals surface area contributed by atoms with Gasteiger partial charge in [0.1, 0.15) is 6.10 Å². The van der Waals surface area contributed by atoms with E-state index < -0.39 is 30.7 Å². The molecule has 0 aliphatic heterocycles. The average molecular weight is 334 g/mol. The van der Waals surface area contributed by atoms with Gasteiger partial charge in [0, 0.05) is 0 Å². The molecule has 22 heavy (non-hydrogen) atoms. The van der Waals surface area contributed by atoms with Gasteiger partial charge in [0.15, 0.2) is 0 Å². The molecular weight excluding hydrogens is 318 g/mol. The molecule has 3 nitrogen and oxygen atoms in total. The molecule has 0 unspecified atom stereocenters. The molecule has 0 bridgehead atoms. The van der Waals surface area contributed by atoms with Crippen molar-refractivity contribution in [2.45, 2.75) is 56.7 Å². The van der Waals surface area contributed by atoms with Crippen LogP contribution in [-0.4, -0.2) is 30.7 Å². The molecule has 1 atom stereocenters. The molecule has 1 aliphatic carbocycles. The zero-order valence-electron chi connectivity index (χ0n) is 11.5. The van der Waals surface area contributed by atoms with Crippen LogP contribution in [-0.2, 0) is 9.47 Å². The van der Waals surface area contributed by atoms with E-state index in [4.69, 9.17) is 0 Å². The van der Waals surface area contributed by atoms with E-state index in [0.29, 0.717) is 12.8 Å². The number of hydrogen-bond acceptors (Lipinski definition) is 3. The van der Waals surface area contributed by atoms with Gasteiger partial charge in [-0.3, -0.25) is 0 Å². The van der Waals surface area contributed by atoms with Crippen molar-refractivity contribution in [2.24, 2.45) is 5.92 Å². The summed E-state index contributed by atoms with van der Waals surface area (Å²) < 4.78 is 81.7. The third-order valence-electron chi connectivity index (χ3n) is 3.39. The van der Waals surface area contributed by atoms with Gasteiger partial charge in [-0.2, -0.15) is 26.3 Å². The first-order chi connectivity index (χ1) is 10.1. The third-order valence-corrected chi connectivity index (χ3v) is 3.39. The Bertz CT molecular complexity index is 370. The van der Waals surface area contributed by atoms with Crippen LogP contribution in [0.1, 0.15) is 32.1 Å². The maximum absolute atomic E-state index is 12.3. The summed E-state index contributed by atoms with van der Waals surface area (Å²) in [6, 6.07) is 0. The molecular formula is C13H16F6O3. The number of alkyl halides is 6. The lowest BCUT2D eigenvalue weighted by molar-refractivity contribution is -0.311. The van der Waals surface area contributed by atoms with Crippen molar-refractivity contribution in [2.75, 3.05) is 0 Å². The van der Waals surface area contributed by atoms with Crippen LogP contribution in [0.15, 0.2) is 12.7 Å². The second-order valence-corrected chi connectivity index (χ2v) is 5.05. The first-order valence-electron chi connectivity index (χ1n) is 6.69. The van der Waals surface area contributed by atoms with Crippen molar-refractivity contribution in [3.05, 3.63) is 12.7 Å². The monoisotopic (exact) mass is 334 g/mol. The minimum Gasteiger partial charge on any atom is -0.426 e. The molecule has 0 spiro atoms. The summed E-state index contributed by atoms with van der Waals surface area (Å²) in [4.78, 5) is 11.3. The molecule has 9 heteroatoms. The molecule has 0 aromatic rings. The second-order valence-electron chi connectivity index (χ2n) is 5.05. The van der Waals surface area contributed by atoms with Gasteiger partial charge in [0.05, 0.1) is 0 Å². The van der Waals surface area contributed by atoms with Gasteiger partial charge in [-0.05, 0) is 18.8 Å². The molecule has 0 aromatic carbocycles. The van der Waals surface area contributed by atoms with Crippen LogP contribution < -0.4 is 0 Å². The fourth-order valence-corrected chi connectivity index (χ4v) is 2.35. The summed E-state index contributed by atoms with van der Waals surface area (Å²) in [5, 5.41) is 0. The Labute approximate surface area is 123 Å². The summed E-state index contributed by atoms with van der Waals surface area (Å²) >= 11 is 0. The normalized spacial score (nSPS) is 18.9. The van der Waals surface area contributed by atoms with Gasteiger partial charge in [-0.1, -0.05) is 31.9 Å². The fraction of sp³-hybridized carbons (Fsp3) is 0.769. The fourth-order valence-electron chi connectivity index (χ4n) is 2.35. The largest absolute Gasteiger partial charge is 0.509 e. The first-order valence-corrected chi connectivity index (χ1v) is 6.69. The van der Waals surface area contributed by atoms with Crippen molar-refractivity contribution >= 4 is 6.16 Å². The van der Waals surface area contributed by atoms with Crippen molar-refractivity contribution in [3.63, 3.8) is 0 Å². The Morgan fingerprint density at radius 3 is 1.91 bits per heavy atom. The number of ether oxygens (including phenoxy) is 2. The van der Waals surface area contributed by atoms with E-state index >= 15 is 0 Å². The molecule has 128 valence electrons. The van der Waals surface area contributed by atoms with Gasteiger partial charge >= 0.3 is 18.5 Å². The lowest BCUT2D eigenvalue weighted by Crippen LogP contribution is -2.46. The Morgan fingerprint density at radius 1 is 1.00 bits per heavy atom. The van der Waals surface area contributed by atoms with Gasteiger partial charge in [0.2, 0.25) is 0 Å². The standard InChI is InChI=1S/C13H16F6O3/c1-2-9(8-6-4-3-5-7-8)21-11(20)22-10(12(14,15)16)13(17,18)19/h2,8-10H,1,3-7H2/t9-/m1/s1. The van der Waals surface area contributed by atoms with E-state index in [2.05, 4.69) is 16.1 Å². The van der Waals surface area contributed by atoms with Crippen molar-refractivity contribution in [1.82, 2.24) is 0 Å². The Morgan fingerprint density at radius 2 is 1.50 bits per heavy atom. The second kappa shape index (κ2) is 7.23. The van der Waals surface area contributed by atoms with Crippen molar-refractivity contribution in [3.8, 4) is 0 Å². The smallest absolute Gasteiger partial charge is 0.426 e. The molecule has 1 aliphatic rings. The quantitative estimate of drug-likeness (QED) is 0.422. The molecule has 0 heterocycles. The van der Waals surface area contributed by atoms with E-state index in [1.807, 2.05) is 0 Å². The van der Waals surface area contributed by atoms with E-state index in [-0.39, 0.29) is 5.92 Å². The van der Waals surface area contributed by atoms with E-state index in [9.17, 15) is 31.1 Å². The molecule has 0 aromatic heterocycles. The first kappa shape index (κ1) is 18.6. The highest BCUT2D eigenvalue weighted by molar-refractivity contribution is 5.60. The Hall–Kier alpha value is -1.41. The van der Waals surface area contributed by atoms with Crippen molar-refractivity contribution in [1.29, 1.82) is 0 Å². The lowest BCUT2D eigenvalue weighted by atomic mass is 9.85. The summed E-state index contributed by atoms with van der Waals surface area (Å²) in [5.41, 5.74) is 0. The number of carbonyl (C=O) groups is 1. The van der Waals surface area contributed by atoms with Crippen LogP contribution >= 0.6 is 0 Å². The average Bonchev–Trinajstić information content (AvgIpc) is 2.40. The molecule has 0 N–H and O–H groups in total. The summed E-state index contributed by atoms with van der Waals surface area (Å²) in [6.07, 6.45) is -13.5. The third kappa shape index (κ3) is 5.42. The minimum absolute atomic E-state index is 0.172. The SMILES string of the molecule is C=C[C@@H](OC(=O)OC(C(F)(F)F)C(F)(F)F)C1CCCCC1. The number of hydrogen-bond donors (Lipinski definition) is 0. The topological polar surface area (TPSA) is 35.5 Å². The predicted molar refractivity (Wildman–Crippen MR) is 64.0 cm³/mol. The number of rotatable bonds is 4. The summed E-state index contributed by atoms with van der Waals surface area (Å²) in [5.74, 6) is -0.172. The van der Waals surface area contributed by atoms with Crippen molar-refractivity contribution < 1.29 is 40.6 Å². The van der Waals surface area contributed by atoms with Gasteiger partial charge in [-0.25, -0.2) is 4.79 Å². The van der Waals surface area contributed by atoms with Crippen LogP contribution in [0.25, 0.3) is 0 Å². The highest BCUT2D eigenvalue weighted by Crippen LogP contribution is 2.36. The minimum atomic E-state index is -5.76. The Balaban J connectivity index is 2.67. The highest BCUT2D eigenvalue weighted by atomic mass is 19.4. The number of carbonyl (C=O) groups excluding carboxylic acids is 1. The zero-order chi connectivity index (χ0) is 17.0. The van der Waals surface area contributed by atoms with E-state index in [0.717, 1.165) is 19.3 Å². The molecule has 1 fully saturated rings. The van der Waals surface area contributed by atoms with E-state index in [1.54, 1.807) is 0 Å². The van der Waals surface area contributed by atoms with Crippen LogP contribution in [0, 0.1) is 5.92 Å². The zero-order valence-corrected chi connectivity index (χ0v) is 11.5. The van der Waals surface area contributed by atoms with Crippen LogP contribution in [0.5, 0.6) is 0 Å². The van der Waals surface area contributed by atoms with Crippen LogP contribution in [0.2, 0.25) is 0 Å². The Kier molecular flexibility index (Phi) is 6.13. The lowest BCUT2D eigenvalue weighted by Gasteiger charge is -2.28. The van der Waals surface area contributed by atoms with Crippen LogP contribution in [0.4, 0.5) is 31.1 Å². The molecule has 0 saturated heterocycles.